The van der Waals surface area contributed by atoms with Crippen LogP contribution in [0.3, 0.4) is 0 Å². The van der Waals surface area contributed by atoms with Gasteiger partial charge in [0.1, 0.15) is 24.4 Å². The topological polar surface area (TPSA) is 69.2 Å². The van der Waals surface area contributed by atoms with Gasteiger partial charge in [0.2, 0.25) is 0 Å². The second-order valence-electron chi connectivity index (χ2n) is 5.81. The van der Waals surface area contributed by atoms with E-state index in [4.69, 9.17) is 9.47 Å². The Labute approximate surface area is 145 Å². The van der Waals surface area contributed by atoms with Crippen molar-refractivity contribution in [3.05, 3.63) is 60.7 Å². The summed E-state index contributed by atoms with van der Waals surface area (Å²) in [6.07, 6.45) is 3.46. The van der Waals surface area contributed by atoms with E-state index in [-0.39, 0.29) is 6.10 Å². The minimum absolute atomic E-state index is 0.0768. The Hall–Kier alpha value is -3.15. The zero-order valence-electron chi connectivity index (χ0n) is 13.8. The second-order valence-corrected chi connectivity index (χ2v) is 5.81. The van der Waals surface area contributed by atoms with E-state index in [1.165, 1.54) is 0 Å². The van der Waals surface area contributed by atoms with Gasteiger partial charge in [-0.25, -0.2) is 9.97 Å². The summed E-state index contributed by atoms with van der Waals surface area (Å²) in [5.41, 5.74) is 1.80. The fourth-order valence-electron chi connectivity index (χ4n) is 2.70. The molecule has 25 heavy (non-hydrogen) atoms. The first kappa shape index (κ1) is 15.4. The molecule has 1 N–H and O–H groups in total. The van der Waals surface area contributed by atoms with Gasteiger partial charge >= 0.3 is 0 Å². The standard InChI is InChI=1S/C19H18N4O2/c1-13-22-16(14-5-4-8-20-10-14)9-19(23-13)21-11-15-12-24-17-6-2-3-7-18(17)25-15/h2-10,15H,11-12H2,1H3,(H,21,22,23). The summed E-state index contributed by atoms with van der Waals surface area (Å²) in [6.45, 7) is 2.97. The van der Waals surface area contributed by atoms with Crippen LogP contribution in [0, 0.1) is 6.92 Å². The lowest BCUT2D eigenvalue weighted by Gasteiger charge is -2.26. The normalized spacial score (nSPS) is 15.6. The molecule has 0 bridgehead atoms. The summed E-state index contributed by atoms with van der Waals surface area (Å²) in [6, 6.07) is 13.5. The van der Waals surface area contributed by atoms with E-state index in [2.05, 4.69) is 20.3 Å². The van der Waals surface area contributed by atoms with Crippen LogP contribution in [0.4, 0.5) is 5.82 Å². The summed E-state index contributed by atoms with van der Waals surface area (Å²) in [5, 5.41) is 3.32. The average molecular weight is 334 g/mol. The molecule has 2 aromatic heterocycles. The predicted octanol–water partition coefficient (Wildman–Crippen LogP) is 3.10. The number of benzene rings is 1. The van der Waals surface area contributed by atoms with Gasteiger partial charge in [0.25, 0.3) is 0 Å². The van der Waals surface area contributed by atoms with Crippen LogP contribution in [0.1, 0.15) is 5.82 Å². The Kier molecular flexibility index (Phi) is 4.16. The number of fused-ring (bicyclic) bond motifs is 1. The number of nitrogens with one attached hydrogen (secondary N) is 1. The van der Waals surface area contributed by atoms with Crippen LogP contribution in [0.2, 0.25) is 0 Å². The summed E-state index contributed by atoms with van der Waals surface area (Å²) >= 11 is 0. The number of para-hydroxylation sites is 2. The molecule has 3 heterocycles. The number of rotatable bonds is 4. The van der Waals surface area contributed by atoms with Crippen LogP contribution in [0.25, 0.3) is 11.3 Å². The molecule has 1 aromatic carbocycles. The zero-order valence-corrected chi connectivity index (χ0v) is 13.8. The van der Waals surface area contributed by atoms with Crippen molar-refractivity contribution >= 4 is 5.82 Å². The van der Waals surface area contributed by atoms with Crippen LogP contribution in [-0.4, -0.2) is 34.2 Å². The first-order valence-corrected chi connectivity index (χ1v) is 8.16. The Bertz CT molecular complexity index is 870. The van der Waals surface area contributed by atoms with Gasteiger partial charge in [-0.15, -0.1) is 0 Å². The molecule has 0 radical (unpaired) electrons. The fourth-order valence-corrected chi connectivity index (χ4v) is 2.70. The Morgan fingerprint density at radius 3 is 2.84 bits per heavy atom. The van der Waals surface area contributed by atoms with Gasteiger partial charge < -0.3 is 14.8 Å². The number of pyridine rings is 1. The van der Waals surface area contributed by atoms with E-state index in [1.54, 1.807) is 12.4 Å². The minimum Gasteiger partial charge on any atom is -0.486 e. The third-order valence-corrected chi connectivity index (χ3v) is 3.87. The van der Waals surface area contributed by atoms with Gasteiger partial charge in [-0.05, 0) is 31.2 Å². The summed E-state index contributed by atoms with van der Waals surface area (Å²) in [5.74, 6) is 3.02. The summed E-state index contributed by atoms with van der Waals surface area (Å²) in [4.78, 5) is 13.1. The van der Waals surface area contributed by atoms with E-state index in [0.29, 0.717) is 19.0 Å². The smallest absolute Gasteiger partial charge is 0.161 e. The molecule has 0 saturated carbocycles. The highest BCUT2D eigenvalue weighted by molar-refractivity contribution is 5.61. The lowest BCUT2D eigenvalue weighted by molar-refractivity contribution is 0.0997. The number of hydrogen-bond acceptors (Lipinski definition) is 6. The van der Waals surface area contributed by atoms with Crippen LogP contribution < -0.4 is 14.8 Å². The molecule has 1 atom stereocenters. The molecule has 126 valence electrons. The van der Waals surface area contributed by atoms with Gasteiger partial charge in [0, 0.05) is 24.0 Å². The summed E-state index contributed by atoms with van der Waals surface area (Å²) < 4.78 is 11.7. The lowest BCUT2D eigenvalue weighted by Crippen LogP contribution is -2.35. The largest absolute Gasteiger partial charge is 0.486 e. The molecule has 3 aromatic rings. The predicted molar refractivity (Wildman–Crippen MR) is 94.8 cm³/mol. The molecule has 6 heteroatoms. The molecular formula is C19H18N4O2. The average Bonchev–Trinajstić information content (AvgIpc) is 2.66. The second kappa shape index (κ2) is 6.76. The molecule has 0 aliphatic carbocycles. The van der Waals surface area contributed by atoms with Gasteiger partial charge in [0.05, 0.1) is 12.2 Å². The molecule has 6 nitrogen and oxygen atoms in total. The number of anilines is 1. The van der Waals surface area contributed by atoms with Gasteiger partial charge in [-0.3, -0.25) is 4.98 Å². The van der Waals surface area contributed by atoms with Crippen molar-refractivity contribution in [1.29, 1.82) is 0 Å². The van der Waals surface area contributed by atoms with Crippen molar-refractivity contribution in [2.24, 2.45) is 0 Å². The van der Waals surface area contributed by atoms with Crippen molar-refractivity contribution < 1.29 is 9.47 Å². The van der Waals surface area contributed by atoms with E-state index in [1.807, 2.05) is 49.4 Å². The van der Waals surface area contributed by atoms with Gasteiger partial charge in [-0.1, -0.05) is 12.1 Å². The maximum absolute atomic E-state index is 5.96. The number of nitrogens with zero attached hydrogens (tertiary/aromatic N) is 3. The number of aryl methyl sites for hydroxylation is 1. The highest BCUT2D eigenvalue weighted by Gasteiger charge is 2.20. The summed E-state index contributed by atoms with van der Waals surface area (Å²) in [7, 11) is 0. The molecule has 1 aliphatic heterocycles. The first-order valence-electron chi connectivity index (χ1n) is 8.16. The van der Waals surface area contributed by atoms with E-state index >= 15 is 0 Å². The van der Waals surface area contributed by atoms with Gasteiger partial charge in [0.15, 0.2) is 11.5 Å². The third-order valence-electron chi connectivity index (χ3n) is 3.87. The highest BCUT2D eigenvalue weighted by atomic mass is 16.6. The van der Waals surface area contributed by atoms with Crippen LogP contribution in [0.5, 0.6) is 11.5 Å². The van der Waals surface area contributed by atoms with Crippen LogP contribution in [0.15, 0.2) is 54.9 Å². The zero-order chi connectivity index (χ0) is 17.1. The maximum Gasteiger partial charge on any atom is 0.161 e. The number of ether oxygens (including phenoxy) is 2. The van der Waals surface area contributed by atoms with E-state index < -0.39 is 0 Å². The number of hydrogen-bond donors (Lipinski definition) is 1. The van der Waals surface area contributed by atoms with Crippen molar-refractivity contribution in [3.63, 3.8) is 0 Å². The van der Waals surface area contributed by atoms with Crippen molar-refractivity contribution in [2.75, 3.05) is 18.5 Å². The van der Waals surface area contributed by atoms with Crippen LogP contribution >= 0.6 is 0 Å². The Morgan fingerprint density at radius 2 is 2.00 bits per heavy atom. The van der Waals surface area contributed by atoms with E-state index in [0.717, 1.165) is 28.6 Å². The fraction of sp³-hybridized carbons (Fsp3) is 0.211. The van der Waals surface area contributed by atoms with Crippen molar-refractivity contribution in [2.45, 2.75) is 13.0 Å². The SMILES string of the molecule is Cc1nc(NCC2COc3ccccc3O2)cc(-c2cccnc2)n1. The van der Waals surface area contributed by atoms with Crippen LogP contribution in [-0.2, 0) is 0 Å². The molecule has 0 fully saturated rings. The molecule has 1 aliphatic rings. The van der Waals surface area contributed by atoms with E-state index in [9.17, 15) is 0 Å². The third kappa shape index (κ3) is 3.52. The number of aromatic nitrogens is 3. The molecule has 0 spiro atoms. The Balaban J connectivity index is 1.46. The Morgan fingerprint density at radius 1 is 1.12 bits per heavy atom. The molecular weight excluding hydrogens is 316 g/mol. The van der Waals surface area contributed by atoms with Crippen molar-refractivity contribution in [3.8, 4) is 22.8 Å². The lowest BCUT2D eigenvalue weighted by atomic mass is 10.2. The maximum atomic E-state index is 5.96. The molecule has 1 unspecified atom stereocenters. The monoisotopic (exact) mass is 334 g/mol. The minimum atomic E-state index is -0.0768. The highest BCUT2D eigenvalue weighted by Crippen LogP contribution is 2.30. The quantitative estimate of drug-likeness (QED) is 0.791. The molecule has 0 saturated heterocycles. The first-order chi connectivity index (χ1) is 12.3. The van der Waals surface area contributed by atoms with Gasteiger partial charge in [-0.2, -0.15) is 0 Å². The van der Waals surface area contributed by atoms with Crippen molar-refractivity contribution in [1.82, 2.24) is 15.0 Å². The molecule has 0 amide bonds. The molecule has 4 rings (SSSR count).